The summed E-state index contributed by atoms with van der Waals surface area (Å²) in [6, 6.07) is 7.42. The second-order valence-corrected chi connectivity index (χ2v) is 6.06. The largest absolute Gasteiger partial charge is 0.465 e. The number of hydrogen-bond acceptors (Lipinski definition) is 4. The van der Waals surface area contributed by atoms with Crippen molar-refractivity contribution in [2.45, 2.75) is 27.7 Å². The van der Waals surface area contributed by atoms with Gasteiger partial charge in [0.2, 0.25) is 0 Å². The lowest BCUT2D eigenvalue weighted by Gasteiger charge is -2.19. The van der Waals surface area contributed by atoms with E-state index in [9.17, 15) is 9.59 Å². The second-order valence-electron chi connectivity index (χ2n) is 6.06. The molecule has 4 nitrogen and oxygen atoms in total. The van der Waals surface area contributed by atoms with Crippen molar-refractivity contribution in [2.75, 3.05) is 14.2 Å². The van der Waals surface area contributed by atoms with E-state index in [4.69, 9.17) is 4.74 Å². The van der Waals surface area contributed by atoms with E-state index in [2.05, 4.69) is 23.5 Å². The van der Waals surface area contributed by atoms with Crippen LogP contribution in [-0.4, -0.2) is 26.2 Å². The molecule has 0 bridgehead atoms. The van der Waals surface area contributed by atoms with Crippen LogP contribution in [-0.2, 0) is 14.3 Å². The number of esters is 2. The molecule has 0 heterocycles. The van der Waals surface area contributed by atoms with Crippen LogP contribution >= 0.6 is 0 Å². The molecule has 0 saturated carbocycles. The Kier molecular flexibility index (Phi) is 5.84. The summed E-state index contributed by atoms with van der Waals surface area (Å²) >= 11 is 0. The number of benzene rings is 2. The maximum Gasteiger partial charge on any atom is 0.384 e. The van der Waals surface area contributed by atoms with Crippen molar-refractivity contribution in [3.63, 3.8) is 0 Å². The van der Waals surface area contributed by atoms with Gasteiger partial charge in [-0.25, -0.2) is 9.59 Å². The van der Waals surface area contributed by atoms with Crippen LogP contribution < -0.4 is 0 Å². The first kappa shape index (κ1) is 19.3. The topological polar surface area (TPSA) is 52.6 Å². The molecule has 26 heavy (non-hydrogen) atoms. The molecule has 0 aliphatic rings. The van der Waals surface area contributed by atoms with E-state index in [1.54, 1.807) is 0 Å². The minimum Gasteiger partial charge on any atom is -0.465 e. The molecule has 0 spiro atoms. The number of methoxy groups -OCH3 is 2. The molecule has 2 aromatic carbocycles. The number of carbonyl (C=O) groups is 2. The summed E-state index contributed by atoms with van der Waals surface area (Å²) in [4.78, 5) is 23.6. The highest BCUT2D eigenvalue weighted by atomic mass is 16.5. The standard InChI is InChI=1S/C22H22O4/c1-13-14(2)16(4)21(22(24)26-6)20(15(13)3)18-10-7-17(8-11-18)9-12-19(23)25-5/h7-8,10-11H,1-6H3. The Morgan fingerprint density at radius 2 is 1.38 bits per heavy atom. The lowest BCUT2D eigenvalue weighted by Crippen LogP contribution is -2.10. The van der Waals surface area contributed by atoms with Gasteiger partial charge in [-0.05, 0) is 73.2 Å². The van der Waals surface area contributed by atoms with Crippen LogP contribution in [0.3, 0.4) is 0 Å². The maximum atomic E-state index is 12.4. The Hall–Kier alpha value is -3.06. The molecule has 0 radical (unpaired) electrons. The van der Waals surface area contributed by atoms with E-state index >= 15 is 0 Å². The summed E-state index contributed by atoms with van der Waals surface area (Å²) in [6.45, 7) is 8.01. The molecule has 2 rings (SSSR count). The number of ether oxygens (including phenoxy) is 2. The fourth-order valence-corrected chi connectivity index (χ4v) is 2.93. The zero-order valence-corrected chi connectivity index (χ0v) is 15.9. The Balaban J connectivity index is 2.62. The number of rotatable bonds is 2. The van der Waals surface area contributed by atoms with Gasteiger partial charge in [0.05, 0.1) is 19.8 Å². The second kappa shape index (κ2) is 7.88. The first-order valence-electron chi connectivity index (χ1n) is 8.20. The average Bonchev–Trinajstić information content (AvgIpc) is 2.66. The molecule has 2 aromatic rings. The lowest BCUT2D eigenvalue weighted by molar-refractivity contribution is -0.133. The van der Waals surface area contributed by atoms with Crippen molar-refractivity contribution in [3.8, 4) is 23.0 Å². The van der Waals surface area contributed by atoms with Gasteiger partial charge in [-0.2, -0.15) is 0 Å². The van der Waals surface area contributed by atoms with E-state index in [-0.39, 0.29) is 5.97 Å². The summed E-state index contributed by atoms with van der Waals surface area (Å²) in [5.41, 5.74) is 7.25. The Morgan fingerprint density at radius 1 is 0.808 bits per heavy atom. The molecule has 0 aromatic heterocycles. The SMILES string of the molecule is COC(=O)C#Cc1ccc(-c2c(C)c(C)c(C)c(C)c2C(=O)OC)cc1. The highest BCUT2D eigenvalue weighted by molar-refractivity contribution is 6.00. The summed E-state index contributed by atoms with van der Waals surface area (Å²) in [5.74, 6) is 4.22. The first-order chi connectivity index (χ1) is 12.3. The van der Waals surface area contributed by atoms with Gasteiger partial charge < -0.3 is 9.47 Å². The average molecular weight is 350 g/mol. The van der Waals surface area contributed by atoms with Crippen LogP contribution in [0.15, 0.2) is 24.3 Å². The Bertz CT molecular complexity index is 926. The normalized spacial score (nSPS) is 9.92. The maximum absolute atomic E-state index is 12.4. The summed E-state index contributed by atoms with van der Waals surface area (Å²) in [5, 5.41) is 0. The van der Waals surface area contributed by atoms with Crippen LogP contribution in [0.1, 0.15) is 38.2 Å². The van der Waals surface area contributed by atoms with Gasteiger partial charge in [-0.3, -0.25) is 0 Å². The van der Waals surface area contributed by atoms with Gasteiger partial charge >= 0.3 is 11.9 Å². The summed E-state index contributed by atoms with van der Waals surface area (Å²) < 4.78 is 9.53. The van der Waals surface area contributed by atoms with Crippen LogP contribution in [0.5, 0.6) is 0 Å². The van der Waals surface area contributed by atoms with E-state index in [0.717, 1.165) is 33.4 Å². The predicted octanol–water partition coefficient (Wildman–Crippen LogP) is 3.90. The Morgan fingerprint density at radius 3 is 1.92 bits per heavy atom. The van der Waals surface area contributed by atoms with Gasteiger partial charge in [0.25, 0.3) is 0 Å². The molecule has 0 aliphatic carbocycles. The van der Waals surface area contributed by atoms with Crippen LogP contribution in [0.2, 0.25) is 0 Å². The van der Waals surface area contributed by atoms with Crippen molar-refractivity contribution >= 4 is 11.9 Å². The number of hydrogen-bond donors (Lipinski definition) is 0. The Labute approximate surface area is 154 Å². The fourth-order valence-electron chi connectivity index (χ4n) is 2.93. The molecule has 0 fully saturated rings. The molecular formula is C22H22O4. The smallest absolute Gasteiger partial charge is 0.384 e. The van der Waals surface area contributed by atoms with Gasteiger partial charge in [0.15, 0.2) is 0 Å². The first-order valence-corrected chi connectivity index (χ1v) is 8.20. The summed E-state index contributed by atoms with van der Waals surface area (Å²) in [6.07, 6.45) is 0. The van der Waals surface area contributed by atoms with Gasteiger partial charge in [0, 0.05) is 11.5 Å². The van der Waals surface area contributed by atoms with Gasteiger partial charge in [-0.15, -0.1) is 0 Å². The fraction of sp³-hybridized carbons (Fsp3) is 0.273. The highest BCUT2D eigenvalue weighted by Crippen LogP contribution is 2.35. The molecule has 0 N–H and O–H groups in total. The minimum atomic E-state index is -0.581. The summed E-state index contributed by atoms with van der Waals surface area (Å²) in [7, 11) is 2.68. The van der Waals surface area contributed by atoms with Crippen LogP contribution in [0.4, 0.5) is 0 Å². The monoisotopic (exact) mass is 350 g/mol. The molecule has 0 unspecified atom stereocenters. The highest BCUT2D eigenvalue weighted by Gasteiger charge is 2.22. The molecule has 0 amide bonds. The minimum absolute atomic E-state index is 0.349. The van der Waals surface area contributed by atoms with E-state index in [1.165, 1.54) is 14.2 Å². The number of carbonyl (C=O) groups excluding carboxylic acids is 2. The van der Waals surface area contributed by atoms with Crippen molar-refractivity contribution in [2.24, 2.45) is 0 Å². The van der Waals surface area contributed by atoms with Crippen LogP contribution in [0.25, 0.3) is 11.1 Å². The third kappa shape index (κ3) is 3.62. The quantitative estimate of drug-likeness (QED) is 0.609. The molecule has 134 valence electrons. The zero-order chi connectivity index (χ0) is 19.4. The van der Waals surface area contributed by atoms with Gasteiger partial charge in [0.1, 0.15) is 0 Å². The third-order valence-electron chi connectivity index (χ3n) is 4.74. The molecule has 4 heteroatoms. The third-order valence-corrected chi connectivity index (χ3v) is 4.74. The predicted molar refractivity (Wildman–Crippen MR) is 101 cm³/mol. The van der Waals surface area contributed by atoms with E-state index in [1.807, 2.05) is 45.0 Å². The zero-order valence-electron chi connectivity index (χ0n) is 15.9. The van der Waals surface area contributed by atoms with Crippen molar-refractivity contribution < 1.29 is 19.1 Å². The van der Waals surface area contributed by atoms with Crippen molar-refractivity contribution in [1.82, 2.24) is 0 Å². The molecular weight excluding hydrogens is 328 g/mol. The molecule has 0 saturated heterocycles. The van der Waals surface area contributed by atoms with Crippen LogP contribution in [0, 0.1) is 39.5 Å². The molecule has 0 aliphatic heterocycles. The lowest BCUT2D eigenvalue weighted by atomic mass is 9.85. The van der Waals surface area contributed by atoms with Crippen molar-refractivity contribution in [1.29, 1.82) is 0 Å². The van der Waals surface area contributed by atoms with Crippen molar-refractivity contribution in [3.05, 3.63) is 57.6 Å². The van der Waals surface area contributed by atoms with Gasteiger partial charge in [-0.1, -0.05) is 18.1 Å². The molecule has 0 atom stereocenters. The van der Waals surface area contributed by atoms with E-state index < -0.39 is 5.97 Å². The van der Waals surface area contributed by atoms with E-state index in [0.29, 0.717) is 11.1 Å².